The molecule has 1 saturated heterocycles. The molecule has 30 heavy (non-hydrogen) atoms. The molecule has 1 amide bonds. The van der Waals surface area contributed by atoms with Crippen LogP contribution in [0.1, 0.15) is 25.0 Å². The van der Waals surface area contributed by atoms with Crippen LogP contribution < -0.4 is 5.32 Å². The second-order valence-electron chi connectivity index (χ2n) is 7.29. The zero-order valence-corrected chi connectivity index (χ0v) is 17.5. The Labute approximate surface area is 175 Å². The van der Waals surface area contributed by atoms with Gasteiger partial charge in [0.2, 0.25) is 15.9 Å². The van der Waals surface area contributed by atoms with E-state index in [9.17, 15) is 23.3 Å². The van der Waals surface area contributed by atoms with Gasteiger partial charge in [0.05, 0.1) is 15.5 Å². The lowest BCUT2D eigenvalue weighted by atomic mass is 9.97. The largest absolute Gasteiger partial charge is 0.356 e. The molecule has 162 valence electrons. The predicted molar refractivity (Wildman–Crippen MR) is 109 cm³/mol. The minimum absolute atomic E-state index is 0.0184. The minimum atomic E-state index is -3.73. The molecule has 0 aliphatic carbocycles. The molecule has 1 aromatic heterocycles. The number of carbonyl (C=O) groups excluding carboxylic acids is 1. The number of non-ortho nitro benzene ring substituents is 1. The molecule has 0 bridgehead atoms. The summed E-state index contributed by atoms with van der Waals surface area (Å²) in [5, 5.41) is 17.9. The van der Waals surface area contributed by atoms with Crippen LogP contribution in [0.3, 0.4) is 0 Å². The van der Waals surface area contributed by atoms with E-state index in [2.05, 4.69) is 10.4 Å². The highest BCUT2D eigenvalue weighted by atomic mass is 32.2. The Kier molecular flexibility index (Phi) is 6.83. The van der Waals surface area contributed by atoms with Crippen molar-refractivity contribution in [2.24, 2.45) is 5.92 Å². The number of amides is 1. The van der Waals surface area contributed by atoms with E-state index in [-0.39, 0.29) is 35.5 Å². The maximum absolute atomic E-state index is 12.7. The number of rotatable bonds is 8. The summed E-state index contributed by atoms with van der Waals surface area (Å²) < 4.78 is 28.6. The van der Waals surface area contributed by atoms with E-state index in [1.165, 1.54) is 28.6 Å². The zero-order valence-electron chi connectivity index (χ0n) is 16.7. The summed E-state index contributed by atoms with van der Waals surface area (Å²) in [5.74, 6) is -0.278. The second-order valence-corrected chi connectivity index (χ2v) is 9.23. The molecule has 10 nitrogen and oxygen atoms in total. The van der Waals surface area contributed by atoms with Crippen molar-refractivity contribution in [3.05, 3.63) is 52.3 Å². The van der Waals surface area contributed by atoms with Gasteiger partial charge in [-0.2, -0.15) is 9.40 Å². The summed E-state index contributed by atoms with van der Waals surface area (Å²) in [4.78, 5) is 22.6. The number of carbonyl (C=O) groups is 1. The topological polar surface area (TPSA) is 127 Å². The van der Waals surface area contributed by atoms with E-state index in [4.69, 9.17) is 0 Å². The summed E-state index contributed by atoms with van der Waals surface area (Å²) in [5.41, 5.74) is 0.793. The first-order valence-electron chi connectivity index (χ1n) is 9.80. The first-order valence-corrected chi connectivity index (χ1v) is 11.2. The van der Waals surface area contributed by atoms with Crippen LogP contribution in [-0.4, -0.2) is 53.0 Å². The van der Waals surface area contributed by atoms with Gasteiger partial charge in [0.1, 0.15) is 0 Å². The van der Waals surface area contributed by atoms with Gasteiger partial charge in [-0.3, -0.25) is 19.6 Å². The average Bonchev–Trinajstić information content (AvgIpc) is 3.16. The van der Waals surface area contributed by atoms with Crippen molar-refractivity contribution in [1.82, 2.24) is 19.4 Å². The number of hydrogen-bond acceptors (Lipinski definition) is 6. The molecular weight excluding hydrogens is 410 g/mol. The van der Waals surface area contributed by atoms with Crippen molar-refractivity contribution in [2.45, 2.75) is 37.6 Å². The minimum Gasteiger partial charge on any atom is -0.356 e. The van der Waals surface area contributed by atoms with Gasteiger partial charge >= 0.3 is 0 Å². The summed E-state index contributed by atoms with van der Waals surface area (Å²) >= 11 is 0. The van der Waals surface area contributed by atoms with Crippen LogP contribution in [0.25, 0.3) is 0 Å². The Hall–Kier alpha value is -2.79. The number of aryl methyl sites for hydroxylation is 2. The number of piperidine rings is 1. The van der Waals surface area contributed by atoms with Gasteiger partial charge in [-0.25, -0.2) is 8.42 Å². The van der Waals surface area contributed by atoms with Crippen LogP contribution in [0, 0.1) is 23.0 Å². The third-order valence-electron chi connectivity index (χ3n) is 5.15. The Bertz CT molecular complexity index is 995. The van der Waals surface area contributed by atoms with Crippen LogP contribution in [0.2, 0.25) is 0 Å². The van der Waals surface area contributed by atoms with Crippen molar-refractivity contribution < 1.29 is 18.1 Å². The molecule has 0 unspecified atom stereocenters. The molecule has 11 heteroatoms. The van der Waals surface area contributed by atoms with Crippen molar-refractivity contribution in [2.75, 3.05) is 19.6 Å². The number of benzene rings is 1. The average molecular weight is 436 g/mol. The van der Waals surface area contributed by atoms with Gasteiger partial charge in [-0.05, 0) is 44.4 Å². The number of nitrogens with one attached hydrogen (secondary N) is 1. The maximum Gasteiger partial charge on any atom is 0.269 e. The van der Waals surface area contributed by atoms with E-state index in [1.807, 2.05) is 23.9 Å². The van der Waals surface area contributed by atoms with Crippen molar-refractivity contribution in [1.29, 1.82) is 0 Å². The van der Waals surface area contributed by atoms with Crippen molar-refractivity contribution >= 4 is 21.6 Å². The van der Waals surface area contributed by atoms with Crippen molar-refractivity contribution in [3.63, 3.8) is 0 Å². The molecule has 2 heterocycles. The Morgan fingerprint density at radius 1 is 1.23 bits per heavy atom. The molecule has 2 aromatic rings. The third kappa shape index (κ3) is 5.22. The lowest BCUT2D eigenvalue weighted by Crippen LogP contribution is -2.43. The summed E-state index contributed by atoms with van der Waals surface area (Å²) in [6.45, 7) is 3.67. The fraction of sp³-hybridized carbons (Fsp3) is 0.474. The number of sulfonamides is 1. The van der Waals surface area contributed by atoms with Gasteiger partial charge < -0.3 is 5.32 Å². The molecule has 3 rings (SSSR count). The molecule has 1 aromatic carbocycles. The lowest BCUT2D eigenvalue weighted by molar-refractivity contribution is -0.384. The molecule has 1 aliphatic rings. The highest BCUT2D eigenvalue weighted by Crippen LogP contribution is 2.25. The lowest BCUT2D eigenvalue weighted by Gasteiger charge is -2.30. The van der Waals surface area contributed by atoms with E-state index in [0.29, 0.717) is 19.4 Å². The normalized spacial score (nSPS) is 15.8. The fourth-order valence-electron chi connectivity index (χ4n) is 3.43. The molecule has 0 saturated carbocycles. The third-order valence-corrected chi connectivity index (χ3v) is 7.06. The van der Waals surface area contributed by atoms with E-state index in [1.54, 1.807) is 0 Å². The second kappa shape index (κ2) is 9.35. The van der Waals surface area contributed by atoms with Gasteiger partial charge in [0.25, 0.3) is 5.69 Å². The van der Waals surface area contributed by atoms with Crippen LogP contribution >= 0.6 is 0 Å². The van der Waals surface area contributed by atoms with Gasteiger partial charge in [0.15, 0.2) is 0 Å². The highest BCUT2D eigenvalue weighted by molar-refractivity contribution is 7.89. The standard InChI is InChI=1S/C19H25N5O5S/c1-15-7-12-22(21-15)11-2-10-20-19(25)16-8-13-23(14-9-16)30(28,29)18-5-3-17(4-6-18)24(26)27/h3-7,12,16H,2,8-11,13-14H2,1H3,(H,20,25). The Balaban J connectivity index is 1.46. The fourth-order valence-corrected chi connectivity index (χ4v) is 4.90. The number of nitro benzene ring substituents is 1. The van der Waals surface area contributed by atoms with Crippen molar-refractivity contribution in [3.8, 4) is 0 Å². The quantitative estimate of drug-likeness (QED) is 0.382. The highest BCUT2D eigenvalue weighted by Gasteiger charge is 2.32. The number of nitro groups is 1. The Morgan fingerprint density at radius 3 is 2.47 bits per heavy atom. The van der Waals surface area contributed by atoms with Crippen LogP contribution in [0.4, 0.5) is 5.69 Å². The number of nitrogens with zero attached hydrogens (tertiary/aromatic N) is 4. The molecule has 1 fully saturated rings. The maximum atomic E-state index is 12.7. The zero-order chi connectivity index (χ0) is 21.7. The molecule has 0 spiro atoms. The van der Waals surface area contributed by atoms with Gasteiger partial charge in [-0.1, -0.05) is 0 Å². The Morgan fingerprint density at radius 2 is 1.90 bits per heavy atom. The smallest absolute Gasteiger partial charge is 0.269 e. The van der Waals surface area contributed by atoms with Gasteiger partial charge in [-0.15, -0.1) is 0 Å². The number of aromatic nitrogens is 2. The first-order chi connectivity index (χ1) is 14.3. The molecule has 1 aliphatic heterocycles. The predicted octanol–water partition coefficient (Wildman–Crippen LogP) is 1.71. The summed E-state index contributed by atoms with van der Waals surface area (Å²) in [6.07, 6.45) is 3.55. The molecule has 0 atom stereocenters. The number of hydrogen-bond donors (Lipinski definition) is 1. The molecular formula is C19H25N5O5S. The molecule has 0 radical (unpaired) electrons. The van der Waals surface area contributed by atoms with Crippen LogP contribution in [-0.2, 0) is 21.4 Å². The SMILES string of the molecule is Cc1ccn(CCCNC(=O)C2CCN(S(=O)(=O)c3ccc([N+](=O)[O-])cc3)CC2)n1. The van der Waals surface area contributed by atoms with E-state index >= 15 is 0 Å². The van der Waals surface area contributed by atoms with Crippen LogP contribution in [0.15, 0.2) is 41.4 Å². The van der Waals surface area contributed by atoms with E-state index < -0.39 is 14.9 Å². The van der Waals surface area contributed by atoms with E-state index in [0.717, 1.165) is 18.7 Å². The first kappa shape index (κ1) is 21.9. The monoisotopic (exact) mass is 435 g/mol. The molecule has 1 N–H and O–H groups in total. The summed E-state index contributed by atoms with van der Waals surface area (Å²) in [7, 11) is -3.73. The van der Waals surface area contributed by atoms with Crippen LogP contribution in [0.5, 0.6) is 0 Å². The summed E-state index contributed by atoms with van der Waals surface area (Å²) in [6, 6.07) is 6.77. The van der Waals surface area contributed by atoms with Gasteiger partial charge in [0, 0.05) is 50.4 Å².